The third kappa shape index (κ3) is 3.53. The summed E-state index contributed by atoms with van der Waals surface area (Å²) >= 11 is 1.06. The highest BCUT2D eigenvalue weighted by atomic mass is 32.2. The van der Waals surface area contributed by atoms with Gasteiger partial charge in [0, 0.05) is 13.2 Å². The minimum absolute atomic E-state index is 0.130. The summed E-state index contributed by atoms with van der Waals surface area (Å²) < 4.78 is 31.7. The van der Waals surface area contributed by atoms with E-state index in [1.165, 1.54) is 6.07 Å². The van der Waals surface area contributed by atoms with Crippen molar-refractivity contribution in [3.8, 4) is 0 Å². The Hall–Kier alpha value is -0.960. The quantitative estimate of drug-likeness (QED) is 0.843. The average molecular weight is 305 g/mol. The number of nitrogens with one attached hydrogen (secondary N) is 1. The first-order chi connectivity index (χ1) is 9.00. The van der Waals surface area contributed by atoms with Crippen molar-refractivity contribution in [3.63, 3.8) is 0 Å². The highest BCUT2D eigenvalue weighted by Gasteiger charge is 2.33. The van der Waals surface area contributed by atoms with Gasteiger partial charge in [-0.2, -0.15) is 4.72 Å². The van der Waals surface area contributed by atoms with E-state index in [0.29, 0.717) is 26.1 Å². The van der Waals surface area contributed by atoms with E-state index in [1.807, 2.05) is 0 Å². The lowest BCUT2D eigenvalue weighted by Gasteiger charge is -2.27. The van der Waals surface area contributed by atoms with Crippen LogP contribution in [0.1, 0.15) is 12.8 Å². The lowest BCUT2D eigenvalue weighted by atomic mass is 9.92. The van der Waals surface area contributed by atoms with Gasteiger partial charge in [-0.25, -0.2) is 8.42 Å². The van der Waals surface area contributed by atoms with Crippen molar-refractivity contribution in [1.29, 1.82) is 0 Å². The van der Waals surface area contributed by atoms with Crippen molar-refractivity contribution in [2.45, 2.75) is 23.1 Å². The number of ether oxygens (including phenoxy) is 1. The number of hydrogen-bond donors (Lipinski definition) is 2. The van der Waals surface area contributed by atoms with E-state index in [1.54, 1.807) is 11.4 Å². The Morgan fingerprint density at radius 2 is 2.16 bits per heavy atom. The van der Waals surface area contributed by atoms with Gasteiger partial charge in [0.15, 0.2) is 0 Å². The van der Waals surface area contributed by atoms with Gasteiger partial charge in [-0.15, -0.1) is 11.3 Å². The minimum atomic E-state index is -3.76. The molecule has 19 heavy (non-hydrogen) atoms. The zero-order chi connectivity index (χ0) is 13.9. The number of sulfonamides is 1. The SMILES string of the molecule is O=C(O)C(NS(=O)(=O)c1cccs1)C1CCOCC1. The molecule has 1 unspecified atom stereocenters. The van der Waals surface area contributed by atoms with Crippen molar-refractivity contribution in [1.82, 2.24) is 4.72 Å². The standard InChI is InChI=1S/C11H15NO5S2/c13-11(14)10(8-3-5-17-6-4-8)12-19(15,16)9-2-1-7-18-9/h1-2,7-8,10,12H,3-6H2,(H,13,14). The van der Waals surface area contributed by atoms with Crippen LogP contribution in [0, 0.1) is 5.92 Å². The molecule has 0 saturated carbocycles. The summed E-state index contributed by atoms with van der Waals surface area (Å²) in [6, 6.07) is 1.97. The molecule has 6 nitrogen and oxygen atoms in total. The highest BCUT2D eigenvalue weighted by molar-refractivity contribution is 7.91. The van der Waals surface area contributed by atoms with Crippen molar-refractivity contribution in [2.75, 3.05) is 13.2 Å². The van der Waals surface area contributed by atoms with Crippen molar-refractivity contribution < 1.29 is 23.1 Å². The lowest BCUT2D eigenvalue weighted by Crippen LogP contribution is -2.47. The van der Waals surface area contributed by atoms with Gasteiger partial charge < -0.3 is 9.84 Å². The molecule has 2 rings (SSSR count). The molecule has 1 aliphatic rings. The van der Waals surface area contributed by atoms with Crippen LogP contribution < -0.4 is 4.72 Å². The summed E-state index contributed by atoms with van der Waals surface area (Å²) in [4.78, 5) is 11.3. The Kier molecular flexibility index (Phi) is 4.56. The van der Waals surface area contributed by atoms with Crippen molar-refractivity contribution >= 4 is 27.3 Å². The molecule has 2 N–H and O–H groups in total. The van der Waals surface area contributed by atoms with Gasteiger partial charge in [-0.3, -0.25) is 4.79 Å². The molecule has 1 fully saturated rings. The van der Waals surface area contributed by atoms with Gasteiger partial charge in [0.05, 0.1) is 0 Å². The van der Waals surface area contributed by atoms with Crippen LogP contribution in [-0.4, -0.2) is 38.7 Å². The maximum Gasteiger partial charge on any atom is 0.322 e. The molecule has 0 amide bonds. The molecule has 0 radical (unpaired) electrons. The molecule has 0 bridgehead atoms. The monoisotopic (exact) mass is 305 g/mol. The van der Waals surface area contributed by atoms with Gasteiger partial charge >= 0.3 is 5.97 Å². The fraction of sp³-hybridized carbons (Fsp3) is 0.545. The van der Waals surface area contributed by atoms with Gasteiger partial charge in [0.25, 0.3) is 10.0 Å². The Balaban J connectivity index is 2.15. The Morgan fingerprint density at radius 3 is 2.68 bits per heavy atom. The molecular weight excluding hydrogens is 290 g/mol. The summed E-state index contributed by atoms with van der Waals surface area (Å²) in [7, 11) is -3.76. The van der Waals surface area contributed by atoms with E-state index in [-0.39, 0.29) is 10.1 Å². The van der Waals surface area contributed by atoms with E-state index in [2.05, 4.69) is 4.72 Å². The average Bonchev–Trinajstić information content (AvgIpc) is 2.91. The van der Waals surface area contributed by atoms with Crippen LogP contribution in [0.4, 0.5) is 0 Å². The van der Waals surface area contributed by atoms with Crippen LogP contribution in [0.5, 0.6) is 0 Å². The Morgan fingerprint density at radius 1 is 1.47 bits per heavy atom. The molecule has 1 aliphatic heterocycles. The number of carbonyl (C=O) groups is 1. The molecule has 106 valence electrons. The molecule has 0 aromatic carbocycles. The largest absolute Gasteiger partial charge is 0.480 e. The minimum Gasteiger partial charge on any atom is -0.480 e. The van der Waals surface area contributed by atoms with Crippen LogP contribution in [0.3, 0.4) is 0 Å². The highest BCUT2D eigenvalue weighted by Crippen LogP contribution is 2.22. The van der Waals surface area contributed by atoms with E-state index in [4.69, 9.17) is 4.74 Å². The van der Waals surface area contributed by atoms with E-state index in [0.717, 1.165) is 11.3 Å². The Bertz CT molecular complexity index is 519. The maximum absolute atomic E-state index is 12.1. The molecule has 0 aliphatic carbocycles. The van der Waals surface area contributed by atoms with Gasteiger partial charge in [-0.05, 0) is 30.2 Å². The molecule has 1 atom stereocenters. The van der Waals surface area contributed by atoms with Gasteiger partial charge in [-0.1, -0.05) is 6.07 Å². The predicted molar refractivity (Wildman–Crippen MR) is 69.6 cm³/mol. The van der Waals surface area contributed by atoms with Crippen LogP contribution in [0.2, 0.25) is 0 Å². The van der Waals surface area contributed by atoms with Crippen molar-refractivity contribution in [2.24, 2.45) is 5.92 Å². The third-order valence-corrected chi connectivity index (χ3v) is 5.88. The second kappa shape index (κ2) is 6.00. The number of carboxylic acids is 1. The van der Waals surface area contributed by atoms with Crippen LogP contribution in [0.15, 0.2) is 21.7 Å². The second-order valence-electron chi connectivity index (χ2n) is 4.32. The maximum atomic E-state index is 12.1. The second-order valence-corrected chi connectivity index (χ2v) is 7.21. The van der Waals surface area contributed by atoms with Crippen LogP contribution in [-0.2, 0) is 19.6 Å². The summed E-state index contributed by atoms with van der Waals surface area (Å²) in [6.45, 7) is 0.935. The predicted octanol–water partition coefficient (Wildman–Crippen LogP) is 0.906. The zero-order valence-electron chi connectivity index (χ0n) is 10.1. The summed E-state index contributed by atoms with van der Waals surface area (Å²) in [6.07, 6.45) is 1.09. The van der Waals surface area contributed by atoms with E-state index >= 15 is 0 Å². The first kappa shape index (κ1) is 14.4. The number of carboxylic acid groups (broad SMARTS) is 1. The fourth-order valence-corrected chi connectivity index (χ4v) is 4.31. The summed E-state index contributed by atoms with van der Waals surface area (Å²) in [5.74, 6) is -1.38. The molecule has 0 spiro atoms. The Labute approximate surface area is 115 Å². The first-order valence-electron chi connectivity index (χ1n) is 5.87. The smallest absolute Gasteiger partial charge is 0.322 e. The number of thiophene rings is 1. The van der Waals surface area contributed by atoms with E-state index in [9.17, 15) is 18.3 Å². The zero-order valence-corrected chi connectivity index (χ0v) is 11.7. The van der Waals surface area contributed by atoms with Crippen molar-refractivity contribution in [3.05, 3.63) is 17.5 Å². The molecule has 1 saturated heterocycles. The molecule has 1 aromatic rings. The van der Waals surface area contributed by atoms with Gasteiger partial charge in [0.1, 0.15) is 10.3 Å². The van der Waals surface area contributed by atoms with Crippen LogP contribution in [0.25, 0.3) is 0 Å². The van der Waals surface area contributed by atoms with Crippen LogP contribution >= 0.6 is 11.3 Å². The van der Waals surface area contributed by atoms with Gasteiger partial charge in [0.2, 0.25) is 0 Å². The lowest BCUT2D eigenvalue weighted by molar-refractivity contribution is -0.141. The normalized spacial score (nSPS) is 19.2. The topological polar surface area (TPSA) is 92.7 Å². The molecule has 1 aromatic heterocycles. The number of hydrogen-bond acceptors (Lipinski definition) is 5. The molecule has 2 heterocycles. The number of aliphatic carboxylic acids is 1. The fourth-order valence-electron chi connectivity index (χ4n) is 2.04. The summed E-state index contributed by atoms with van der Waals surface area (Å²) in [5, 5.41) is 10.9. The number of rotatable bonds is 5. The summed E-state index contributed by atoms with van der Waals surface area (Å²) in [5.41, 5.74) is 0. The third-order valence-electron chi connectivity index (χ3n) is 3.05. The van der Waals surface area contributed by atoms with E-state index < -0.39 is 22.0 Å². The molecule has 8 heteroatoms. The molecular formula is C11H15NO5S2. The first-order valence-corrected chi connectivity index (χ1v) is 8.23.